The molecule has 39 heavy (non-hydrogen) atoms. The van der Waals surface area contributed by atoms with Gasteiger partial charge in [0.2, 0.25) is 0 Å². The Labute approximate surface area is 240 Å². The Morgan fingerprint density at radius 3 is 2.41 bits per heavy atom. The molecule has 1 aromatic carbocycles. The first kappa shape index (κ1) is 32.8. The lowest BCUT2D eigenvalue weighted by Crippen LogP contribution is -2.52. The minimum absolute atomic E-state index is 0.0305. The van der Waals surface area contributed by atoms with Crippen LogP contribution in [0.25, 0.3) is 0 Å². The van der Waals surface area contributed by atoms with E-state index in [0.29, 0.717) is 19.2 Å². The van der Waals surface area contributed by atoms with Gasteiger partial charge in [-0.2, -0.15) is 0 Å². The molecule has 2 rings (SSSR count). The summed E-state index contributed by atoms with van der Waals surface area (Å²) in [6, 6.07) is 10.2. The van der Waals surface area contributed by atoms with Crippen molar-refractivity contribution >= 4 is 0 Å². The zero-order valence-corrected chi connectivity index (χ0v) is 25.3. The molecule has 0 amide bonds. The highest BCUT2D eigenvalue weighted by atomic mass is 16.5. The Hall–Kier alpha value is -2.46. The number of nitrogens with zero attached hydrogens (tertiary/aromatic N) is 1. The van der Waals surface area contributed by atoms with Gasteiger partial charge in [0, 0.05) is 11.6 Å². The number of hydrogen-bond donors (Lipinski definition) is 1. The van der Waals surface area contributed by atoms with Crippen LogP contribution in [0.5, 0.6) is 5.75 Å². The van der Waals surface area contributed by atoms with E-state index in [1.54, 1.807) is 0 Å². The normalized spacial score (nSPS) is 19.4. The van der Waals surface area contributed by atoms with Crippen LogP contribution in [0.1, 0.15) is 91.4 Å². The average molecular weight is 537 g/mol. The van der Waals surface area contributed by atoms with Gasteiger partial charge in [0.05, 0.1) is 13.3 Å². The minimum Gasteiger partial charge on any atom is -0.492 e. The Balaban J connectivity index is 2.07. The van der Waals surface area contributed by atoms with E-state index in [-0.39, 0.29) is 11.6 Å². The number of nitrogens with one attached hydrogen (secondary N) is 1. The summed E-state index contributed by atoms with van der Waals surface area (Å²) in [5.41, 5.74) is 1.02. The molecule has 218 valence electrons. The Bertz CT molecular complexity index is 859. The van der Waals surface area contributed by atoms with E-state index in [9.17, 15) is 0 Å². The topological polar surface area (TPSA) is 33.7 Å². The fraction of sp³-hybridized carbons (Fsp3) is 0.600. The smallest absolute Gasteiger partial charge is 0.183 e. The summed E-state index contributed by atoms with van der Waals surface area (Å²) in [7, 11) is 0. The van der Waals surface area contributed by atoms with Gasteiger partial charge in [-0.05, 0) is 95.3 Å². The van der Waals surface area contributed by atoms with E-state index < -0.39 is 0 Å². The van der Waals surface area contributed by atoms with E-state index >= 15 is 0 Å². The first-order valence-corrected chi connectivity index (χ1v) is 15.3. The molecule has 0 bridgehead atoms. The van der Waals surface area contributed by atoms with Crippen LogP contribution in [0.2, 0.25) is 0 Å². The molecule has 0 saturated heterocycles. The molecule has 1 aliphatic carbocycles. The van der Waals surface area contributed by atoms with Crippen LogP contribution in [0.3, 0.4) is 0 Å². The maximum absolute atomic E-state index is 6.46. The molecule has 2 unspecified atom stereocenters. The number of rotatable bonds is 21. The van der Waals surface area contributed by atoms with Crippen molar-refractivity contribution in [2.24, 2.45) is 11.8 Å². The van der Waals surface area contributed by atoms with Crippen molar-refractivity contribution in [1.29, 1.82) is 0 Å². The molecule has 0 radical (unpaired) electrons. The highest BCUT2D eigenvalue weighted by molar-refractivity contribution is 5.21. The van der Waals surface area contributed by atoms with Gasteiger partial charge < -0.3 is 14.4 Å². The molecular weight excluding hydrogens is 480 g/mol. The van der Waals surface area contributed by atoms with Crippen LogP contribution < -0.4 is 10.1 Å². The quantitative estimate of drug-likeness (QED) is 0.0735. The summed E-state index contributed by atoms with van der Waals surface area (Å²) in [4.78, 5) is 2.38. The van der Waals surface area contributed by atoms with Crippen LogP contribution in [-0.4, -0.2) is 36.4 Å². The fourth-order valence-electron chi connectivity index (χ4n) is 5.44. The molecule has 1 aliphatic rings. The molecule has 0 spiro atoms. The number of allylic oxidation sites excluding steroid dienone is 3. The molecule has 0 aliphatic heterocycles. The monoisotopic (exact) mass is 536 g/mol. The molecule has 0 aromatic heterocycles. The number of benzene rings is 1. The Morgan fingerprint density at radius 1 is 1.10 bits per heavy atom. The molecule has 2 atom stereocenters. The van der Waals surface area contributed by atoms with Gasteiger partial charge in [0.1, 0.15) is 12.4 Å². The van der Waals surface area contributed by atoms with Crippen LogP contribution >= 0.6 is 0 Å². The average Bonchev–Trinajstić information content (AvgIpc) is 2.97. The molecule has 1 N–H and O–H groups in total. The number of unbranched alkanes of at least 4 members (excludes halogenated alkanes) is 1. The van der Waals surface area contributed by atoms with Gasteiger partial charge in [-0.1, -0.05) is 75.8 Å². The van der Waals surface area contributed by atoms with Crippen LogP contribution in [0.4, 0.5) is 0 Å². The second-order valence-corrected chi connectivity index (χ2v) is 11.6. The van der Waals surface area contributed by atoms with E-state index in [4.69, 9.17) is 9.47 Å². The minimum atomic E-state index is -0.0305. The summed E-state index contributed by atoms with van der Waals surface area (Å²) in [5, 5.41) is 3.80. The third-order valence-corrected chi connectivity index (χ3v) is 8.57. The predicted molar refractivity (Wildman–Crippen MR) is 168 cm³/mol. The van der Waals surface area contributed by atoms with Gasteiger partial charge in [-0.15, -0.1) is 6.58 Å². The first-order chi connectivity index (χ1) is 18.8. The lowest BCUT2D eigenvalue weighted by molar-refractivity contribution is 0.00799. The second-order valence-electron chi connectivity index (χ2n) is 11.6. The van der Waals surface area contributed by atoms with Crippen molar-refractivity contribution in [3.8, 4) is 5.75 Å². The summed E-state index contributed by atoms with van der Waals surface area (Å²) < 4.78 is 12.6. The van der Waals surface area contributed by atoms with Gasteiger partial charge in [-0.3, -0.25) is 5.32 Å². The zero-order chi connectivity index (χ0) is 28.5. The predicted octanol–water partition coefficient (Wildman–Crippen LogP) is 9.03. The highest BCUT2D eigenvalue weighted by Gasteiger charge is 2.32. The summed E-state index contributed by atoms with van der Waals surface area (Å²) >= 11 is 0. The van der Waals surface area contributed by atoms with E-state index in [0.717, 1.165) is 61.8 Å². The van der Waals surface area contributed by atoms with Gasteiger partial charge in [0.15, 0.2) is 5.88 Å². The van der Waals surface area contributed by atoms with Crippen molar-refractivity contribution in [2.75, 3.05) is 19.9 Å². The zero-order valence-electron chi connectivity index (χ0n) is 25.3. The molecule has 4 heteroatoms. The molecule has 1 aromatic rings. The maximum Gasteiger partial charge on any atom is 0.183 e. The molecular formula is C35H56N2O2. The molecule has 1 fully saturated rings. The van der Waals surface area contributed by atoms with Crippen molar-refractivity contribution in [1.82, 2.24) is 10.2 Å². The third kappa shape index (κ3) is 11.7. The van der Waals surface area contributed by atoms with Crippen LogP contribution in [0, 0.1) is 11.8 Å². The molecule has 1 saturated carbocycles. The van der Waals surface area contributed by atoms with Gasteiger partial charge >= 0.3 is 0 Å². The SMILES string of the molecule is C=CCC1CCC(COC(=C)N(CNC(CCC(=C)C=C)COc2ccccc2)C(C)(CC)CCCC)CC1. The summed E-state index contributed by atoms with van der Waals surface area (Å²) in [6.45, 7) is 25.3. The fourth-order valence-corrected chi connectivity index (χ4v) is 5.44. The van der Waals surface area contributed by atoms with E-state index in [1.807, 2.05) is 36.4 Å². The van der Waals surface area contributed by atoms with Gasteiger partial charge in [-0.25, -0.2) is 0 Å². The number of ether oxygens (including phenoxy) is 2. The van der Waals surface area contributed by atoms with Crippen LogP contribution in [-0.2, 0) is 4.74 Å². The third-order valence-electron chi connectivity index (χ3n) is 8.57. The van der Waals surface area contributed by atoms with Crippen LogP contribution in [0.15, 0.2) is 80.3 Å². The summed E-state index contributed by atoms with van der Waals surface area (Å²) in [5.74, 6) is 3.08. The van der Waals surface area contributed by atoms with E-state index in [2.05, 4.69) is 63.4 Å². The van der Waals surface area contributed by atoms with Crippen molar-refractivity contribution in [2.45, 2.75) is 103 Å². The van der Waals surface area contributed by atoms with Crippen molar-refractivity contribution in [3.05, 3.63) is 80.3 Å². The lowest BCUT2D eigenvalue weighted by Gasteiger charge is -2.44. The van der Waals surface area contributed by atoms with Gasteiger partial charge in [0.25, 0.3) is 0 Å². The lowest BCUT2D eigenvalue weighted by atomic mass is 9.81. The van der Waals surface area contributed by atoms with Crippen molar-refractivity contribution in [3.63, 3.8) is 0 Å². The summed E-state index contributed by atoms with van der Waals surface area (Å²) in [6.07, 6.45) is 16.4. The highest BCUT2D eigenvalue weighted by Crippen LogP contribution is 2.33. The number of hydrogen-bond acceptors (Lipinski definition) is 4. The standard InChI is InChI=1S/C35H56N2O2/c1-8-12-25-35(7,11-4)37(30(6)38-26-32-22-20-31(16-9-2)21-23-32)28-36-33(24-19-29(5)10-3)27-39-34-17-14-13-15-18-34/h9-10,13-15,17-18,31-33,36H,2-3,5-6,8,11-12,16,19-28H2,1,4,7H3. The molecule has 0 heterocycles. The first-order valence-electron chi connectivity index (χ1n) is 15.3. The largest absolute Gasteiger partial charge is 0.492 e. The van der Waals surface area contributed by atoms with Crippen molar-refractivity contribution < 1.29 is 9.47 Å². The van der Waals surface area contributed by atoms with E-state index in [1.165, 1.54) is 38.5 Å². The maximum atomic E-state index is 6.46. The Morgan fingerprint density at radius 2 is 1.79 bits per heavy atom. The Kier molecular flexibility index (Phi) is 15.1. The molecule has 4 nitrogen and oxygen atoms in total. The second kappa shape index (κ2) is 18.0. The number of para-hydroxylation sites is 1.